The van der Waals surface area contributed by atoms with E-state index in [0.717, 1.165) is 18.4 Å². The van der Waals surface area contributed by atoms with Gasteiger partial charge in [0.2, 0.25) is 0 Å². The average Bonchev–Trinajstić information content (AvgIpc) is 2.09. The summed E-state index contributed by atoms with van der Waals surface area (Å²) in [5, 5.41) is 0. The quantitative estimate of drug-likeness (QED) is 0.715. The van der Waals surface area contributed by atoms with Crippen LogP contribution in [0.15, 0.2) is 18.2 Å². The summed E-state index contributed by atoms with van der Waals surface area (Å²) in [6, 6.07) is 4.75. The van der Waals surface area contributed by atoms with E-state index < -0.39 is 0 Å². The van der Waals surface area contributed by atoms with Gasteiger partial charge in [0.05, 0.1) is 6.10 Å². The lowest BCUT2D eigenvalue weighted by Crippen LogP contribution is -2.07. The summed E-state index contributed by atoms with van der Waals surface area (Å²) in [7, 11) is 0. The molecule has 0 saturated carbocycles. The third kappa shape index (κ3) is 3.02. The number of benzene rings is 1. The lowest BCUT2D eigenvalue weighted by atomic mass is 10.1. The molecule has 1 rings (SSSR count). The minimum atomic E-state index is -0.236. The predicted octanol–water partition coefficient (Wildman–Crippen LogP) is 3.57. The van der Waals surface area contributed by atoms with Crippen LogP contribution in [0.2, 0.25) is 0 Å². The predicted molar refractivity (Wildman–Crippen MR) is 56.2 cm³/mol. The van der Waals surface area contributed by atoms with Gasteiger partial charge in [-0.3, -0.25) is 0 Å². The molecule has 1 nitrogen and oxygen atoms in total. The van der Waals surface area contributed by atoms with Crippen LogP contribution in [-0.2, 0) is 6.42 Å². The Morgan fingerprint density at radius 3 is 2.64 bits per heavy atom. The van der Waals surface area contributed by atoms with Gasteiger partial charge in [0.25, 0.3) is 0 Å². The first-order valence-corrected chi connectivity index (χ1v) is 5.08. The van der Waals surface area contributed by atoms with Crippen LogP contribution in [0.4, 0.5) is 4.39 Å². The normalized spacial score (nSPS) is 10.6. The Hall–Kier alpha value is -1.05. The molecule has 0 bridgehead atoms. The van der Waals surface area contributed by atoms with Crippen LogP contribution in [0.1, 0.15) is 32.8 Å². The highest BCUT2D eigenvalue weighted by Gasteiger charge is 2.06. The Balaban J connectivity index is 2.90. The van der Waals surface area contributed by atoms with E-state index in [1.54, 1.807) is 6.07 Å². The molecule has 0 atom stereocenters. The molecule has 0 aliphatic carbocycles. The van der Waals surface area contributed by atoms with E-state index in [-0.39, 0.29) is 11.9 Å². The summed E-state index contributed by atoms with van der Waals surface area (Å²) in [6.07, 6.45) is 2.06. The topological polar surface area (TPSA) is 9.23 Å². The third-order valence-corrected chi connectivity index (χ3v) is 1.91. The molecule has 1 aromatic rings. The zero-order chi connectivity index (χ0) is 10.6. The van der Waals surface area contributed by atoms with Gasteiger partial charge in [-0.15, -0.1) is 0 Å². The number of rotatable bonds is 4. The van der Waals surface area contributed by atoms with Gasteiger partial charge in [-0.05, 0) is 31.9 Å². The van der Waals surface area contributed by atoms with Crippen LogP contribution < -0.4 is 4.74 Å². The smallest absolute Gasteiger partial charge is 0.126 e. The number of hydrogen-bond donors (Lipinski definition) is 0. The van der Waals surface area contributed by atoms with Crippen LogP contribution in [0.25, 0.3) is 0 Å². The minimum absolute atomic E-state index is 0.0902. The Morgan fingerprint density at radius 2 is 2.07 bits per heavy atom. The molecule has 0 spiro atoms. The largest absolute Gasteiger partial charge is 0.491 e. The van der Waals surface area contributed by atoms with Gasteiger partial charge in [-0.25, -0.2) is 4.39 Å². The molecule has 0 aliphatic rings. The summed E-state index contributed by atoms with van der Waals surface area (Å²) < 4.78 is 18.5. The summed E-state index contributed by atoms with van der Waals surface area (Å²) in [5.74, 6) is 0.447. The van der Waals surface area contributed by atoms with E-state index in [9.17, 15) is 4.39 Å². The van der Waals surface area contributed by atoms with Gasteiger partial charge < -0.3 is 4.74 Å². The maximum absolute atomic E-state index is 13.0. The molecule has 0 heterocycles. The lowest BCUT2D eigenvalue weighted by Gasteiger charge is -2.13. The molecule has 0 aromatic heterocycles. The molecule has 0 aliphatic heterocycles. The zero-order valence-electron chi connectivity index (χ0n) is 9.01. The molecule has 78 valence electrons. The molecule has 14 heavy (non-hydrogen) atoms. The fourth-order valence-corrected chi connectivity index (χ4v) is 1.37. The Labute approximate surface area is 84.9 Å². The van der Waals surface area contributed by atoms with Gasteiger partial charge in [-0.2, -0.15) is 0 Å². The summed E-state index contributed by atoms with van der Waals surface area (Å²) in [6.45, 7) is 5.99. The molecule has 0 fully saturated rings. The van der Waals surface area contributed by atoms with Crippen molar-refractivity contribution in [1.82, 2.24) is 0 Å². The van der Waals surface area contributed by atoms with E-state index in [0.29, 0.717) is 5.75 Å². The van der Waals surface area contributed by atoms with Crippen molar-refractivity contribution in [3.8, 4) is 5.75 Å². The second-order valence-corrected chi connectivity index (χ2v) is 3.67. The van der Waals surface area contributed by atoms with Crippen molar-refractivity contribution in [3.05, 3.63) is 29.6 Å². The van der Waals surface area contributed by atoms with E-state index >= 15 is 0 Å². The summed E-state index contributed by atoms with van der Waals surface area (Å²) in [5.41, 5.74) is 1.09. The zero-order valence-corrected chi connectivity index (χ0v) is 9.01. The molecule has 0 radical (unpaired) electrons. The van der Waals surface area contributed by atoms with Gasteiger partial charge >= 0.3 is 0 Å². The fraction of sp³-hybridized carbons (Fsp3) is 0.500. The van der Waals surface area contributed by atoms with Crippen LogP contribution in [-0.4, -0.2) is 6.10 Å². The first kappa shape index (κ1) is 11.0. The van der Waals surface area contributed by atoms with Crippen molar-refractivity contribution in [2.24, 2.45) is 0 Å². The molecule has 0 saturated heterocycles. The lowest BCUT2D eigenvalue weighted by molar-refractivity contribution is 0.239. The van der Waals surface area contributed by atoms with E-state index in [2.05, 4.69) is 6.92 Å². The van der Waals surface area contributed by atoms with Gasteiger partial charge in [0, 0.05) is 6.07 Å². The molecule has 2 heteroatoms. The third-order valence-electron chi connectivity index (χ3n) is 1.91. The minimum Gasteiger partial charge on any atom is -0.491 e. The molecule has 0 amide bonds. The second kappa shape index (κ2) is 4.99. The van der Waals surface area contributed by atoms with Crippen molar-refractivity contribution in [2.75, 3.05) is 0 Å². The number of aryl methyl sites for hydroxylation is 1. The van der Waals surface area contributed by atoms with Gasteiger partial charge in [0.15, 0.2) is 0 Å². The number of hydrogen-bond acceptors (Lipinski definition) is 1. The highest BCUT2D eigenvalue weighted by molar-refractivity contribution is 5.34. The Bertz CT molecular complexity index is 294. The molecule has 0 unspecified atom stereocenters. The van der Waals surface area contributed by atoms with Crippen molar-refractivity contribution < 1.29 is 9.13 Å². The average molecular weight is 196 g/mol. The van der Waals surface area contributed by atoms with E-state index in [1.165, 1.54) is 12.1 Å². The van der Waals surface area contributed by atoms with Crippen molar-refractivity contribution in [1.29, 1.82) is 0 Å². The second-order valence-electron chi connectivity index (χ2n) is 3.67. The van der Waals surface area contributed by atoms with Crippen LogP contribution in [0.3, 0.4) is 0 Å². The molecular formula is C12H17FO. The van der Waals surface area contributed by atoms with Crippen molar-refractivity contribution in [2.45, 2.75) is 39.7 Å². The first-order chi connectivity index (χ1) is 6.63. The number of ether oxygens (including phenoxy) is 1. The van der Waals surface area contributed by atoms with Crippen molar-refractivity contribution in [3.63, 3.8) is 0 Å². The van der Waals surface area contributed by atoms with Crippen LogP contribution in [0, 0.1) is 5.82 Å². The van der Waals surface area contributed by atoms with Crippen LogP contribution >= 0.6 is 0 Å². The highest BCUT2D eigenvalue weighted by Crippen LogP contribution is 2.22. The fourth-order valence-electron chi connectivity index (χ4n) is 1.37. The maximum Gasteiger partial charge on any atom is 0.126 e. The van der Waals surface area contributed by atoms with E-state index in [4.69, 9.17) is 4.74 Å². The van der Waals surface area contributed by atoms with Crippen LogP contribution in [0.5, 0.6) is 5.75 Å². The molecule has 0 N–H and O–H groups in total. The number of halogens is 1. The first-order valence-electron chi connectivity index (χ1n) is 5.08. The summed E-state index contributed by atoms with van der Waals surface area (Å²) >= 11 is 0. The summed E-state index contributed by atoms with van der Waals surface area (Å²) in [4.78, 5) is 0. The monoisotopic (exact) mass is 196 g/mol. The SMILES string of the molecule is CCCc1ccc(F)cc1OC(C)C. The molecular weight excluding hydrogens is 179 g/mol. The van der Waals surface area contributed by atoms with E-state index in [1.807, 2.05) is 13.8 Å². The standard InChI is InChI=1S/C12H17FO/c1-4-5-10-6-7-11(13)8-12(10)14-9(2)3/h6-9H,4-5H2,1-3H3. The maximum atomic E-state index is 13.0. The van der Waals surface area contributed by atoms with Crippen molar-refractivity contribution >= 4 is 0 Å². The molecule has 1 aromatic carbocycles. The Morgan fingerprint density at radius 1 is 1.36 bits per heavy atom. The van der Waals surface area contributed by atoms with Gasteiger partial charge in [-0.1, -0.05) is 19.4 Å². The Kier molecular flexibility index (Phi) is 3.93. The highest BCUT2D eigenvalue weighted by atomic mass is 19.1. The van der Waals surface area contributed by atoms with Gasteiger partial charge in [0.1, 0.15) is 11.6 Å².